The third-order valence-electron chi connectivity index (χ3n) is 4.82. The predicted molar refractivity (Wildman–Crippen MR) is 124 cm³/mol. The van der Waals surface area contributed by atoms with E-state index in [0.717, 1.165) is 31.5 Å². The normalized spacial score (nSPS) is 13.4. The fourth-order valence-electron chi connectivity index (χ4n) is 3.29. The van der Waals surface area contributed by atoms with Gasteiger partial charge in [0.1, 0.15) is 5.60 Å². The number of carbonyl (C=O) groups excluding carboxylic acids is 3. The number of carbonyl (C=O) groups is 3. The van der Waals surface area contributed by atoms with Crippen LogP contribution in [-0.4, -0.2) is 41.6 Å². The monoisotopic (exact) mass is 438 g/mol. The summed E-state index contributed by atoms with van der Waals surface area (Å²) in [4.78, 5) is 38.4. The number of ether oxygens (including phenoxy) is 1. The number of benzene rings is 2. The molecule has 0 atom stereocenters. The molecule has 2 aromatic rings. The molecule has 0 unspecified atom stereocenters. The summed E-state index contributed by atoms with van der Waals surface area (Å²) in [5, 5.41) is 8.41. The lowest BCUT2D eigenvalue weighted by molar-refractivity contribution is 0.0635. The Morgan fingerprint density at radius 3 is 2.28 bits per heavy atom. The summed E-state index contributed by atoms with van der Waals surface area (Å²) in [5.41, 5.74) is 2.00. The molecule has 1 heterocycles. The maximum atomic E-state index is 12.5. The van der Waals surface area contributed by atoms with Crippen molar-refractivity contribution in [1.82, 2.24) is 10.2 Å². The standard InChI is InChI=1S/C24H30N4O4/c1-24(2,3)32-23(31)27-19-11-9-18(10-12-19)21(29)25-16-17-7-6-8-20(15-17)26-22(30)28-13-4-5-14-28/h6-12,15H,4-5,13-14,16H2,1-3H3,(H,25,29)(H,26,30)(H,27,31). The van der Waals surface area contributed by atoms with Gasteiger partial charge in [0.15, 0.2) is 0 Å². The maximum Gasteiger partial charge on any atom is 0.412 e. The molecule has 170 valence electrons. The van der Waals surface area contributed by atoms with Gasteiger partial charge in [0.2, 0.25) is 0 Å². The van der Waals surface area contributed by atoms with Crippen LogP contribution in [0, 0.1) is 0 Å². The third-order valence-corrected chi connectivity index (χ3v) is 4.82. The van der Waals surface area contributed by atoms with Crippen LogP contribution in [0.3, 0.4) is 0 Å². The lowest BCUT2D eigenvalue weighted by atomic mass is 10.1. The second-order valence-corrected chi connectivity index (χ2v) is 8.71. The number of amides is 4. The lowest BCUT2D eigenvalue weighted by Gasteiger charge is -2.19. The van der Waals surface area contributed by atoms with Gasteiger partial charge in [-0.15, -0.1) is 0 Å². The van der Waals surface area contributed by atoms with Crippen molar-refractivity contribution < 1.29 is 19.1 Å². The van der Waals surface area contributed by atoms with Gasteiger partial charge in [-0.2, -0.15) is 0 Å². The zero-order valence-corrected chi connectivity index (χ0v) is 18.7. The Kier molecular flexibility index (Phi) is 7.35. The molecule has 3 rings (SSSR count). The van der Waals surface area contributed by atoms with Crippen LogP contribution in [0.15, 0.2) is 48.5 Å². The number of urea groups is 1. The molecule has 1 aliphatic rings. The molecule has 0 aliphatic carbocycles. The van der Waals surface area contributed by atoms with Crippen LogP contribution in [0.4, 0.5) is 21.0 Å². The number of nitrogens with one attached hydrogen (secondary N) is 3. The first-order valence-electron chi connectivity index (χ1n) is 10.7. The van der Waals surface area contributed by atoms with Crippen molar-refractivity contribution in [3.05, 3.63) is 59.7 Å². The zero-order valence-electron chi connectivity index (χ0n) is 18.7. The topological polar surface area (TPSA) is 99.8 Å². The Balaban J connectivity index is 1.51. The average molecular weight is 439 g/mol. The number of nitrogens with zero attached hydrogens (tertiary/aromatic N) is 1. The molecule has 3 N–H and O–H groups in total. The molecule has 8 nitrogen and oxygen atoms in total. The van der Waals surface area contributed by atoms with Crippen molar-refractivity contribution in [2.24, 2.45) is 0 Å². The molecule has 1 fully saturated rings. The summed E-state index contributed by atoms with van der Waals surface area (Å²) in [6.07, 6.45) is 1.53. The van der Waals surface area contributed by atoms with Gasteiger partial charge < -0.3 is 20.3 Å². The maximum absolute atomic E-state index is 12.5. The zero-order chi connectivity index (χ0) is 23.1. The largest absolute Gasteiger partial charge is 0.444 e. The summed E-state index contributed by atoms with van der Waals surface area (Å²) >= 11 is 0. The van der Waals surface area contributed by atoms with Gasteiger partial charge in [-0.25, -0.2) is 9.59 Å². The van der Waals surface area contributed by atoms with Crippen LogP contribution in [0.1, 0.15) is 49.5 Å². The minimum atomic E-state index is -0.585. The highest BCUT2D eigenvalue weighted by atomic mass is 16.6. The van der Waals surface area contributed by atoms with Crippen molar-refractivity contribution in [1.29, 1.82) is 0 Å². The van der Waals surface area contributed by atoms with E-state index in [4.69, 9.17) is 4.74 Å². The number of likely N-dealkylation sites (tertiary alicyclic amines) is 1. The van der Waals surface area contributed by atoms with Crippen LogP contribution >= 0.6 is 0 Å². The number of hydrogen-bond acceptors (Lipinski definition) is 4. The van der Waals surface area contributed by atoms with Gasteiger partial charge in [0, 0.05) is 36.6 Å². The lowest BCUT2D eigenvalue weighted by Crippen LogP contribution is -2.32. The number of rotatable bonds is 5. The van der Waals surface area contributed by atoms with Crippen molar-refractivity contribution in [2.75, 3.05) is 23.7 Å². The Labute approximate surface area is 188 Å². The van der Waals surface area contributed by atoms with Crippen molar-refractivity contribution in [2.45, 2.75) is 45.8 Å². The van der Waals surface area contributed by atoms with E-state index in [-0.39, 0.29) is 11.9 Å². The van der Waals surface area contributed by atoms with E-state index < -0.39 is 11.7 Å². The van der Waals surface area contributed by atoms with Crippen molar-refractivity contribution in [3.8, 4) is 0 Å². The molecule has 0 bridgehead atoms. The molecule has 8 heteroatoms. The van der Waals surface area contributed by atoms with Gasteiger partial charge in [-0.1, -0.05) is 12.1 Å². The fourth-order valence-corrected chi connectivity index (χ4v) is 3.29. The third kappa shape index (κ3) is 7.01. The summed E-state index contributed by atoms with van der Waals surface area (Å²) in [5.74, 6) is -0.236. The summed E-state index contributed by atoms with van der Waals surface area (Å²) in [6.45, 7) is 7.26. The predicted octanol–water partition coefficient (Wildman–Crippen LogP) is 4.59. The Morgan fingerprint density at radius 2 is 1.62 bits per heavy atom. The molecule has 1 saturated heterocycles. The van der Waals surface area contributed by atoms with E-state index >= 15 is 0 Å². The first-order valence-corrected chi connectivity index (χ1v) is 10.7. The summed E-state index contributed by atoms with van der Waals surface area (Å²) in [7, 11) is 0. The molecular weight excluding hydrogens is 408 g/mol. The van der Waals surface area contributed by atoms with Crippen LogP contribution in [-0.2, 0) is 11.3 Å². The second kappa shape index (κ2) is 10.2. The molecule has 32 heavy (non-hydrogen) atoms. The minimum Gasteiger partial charge on any atom is -0.444 e. The van der Waals surface area contributed by atoms with Gasteiger partial charge in [-0.3, -0.25) is 10.1 Å². The Hall–Kier alpha value is -3.55. The second-order valence-electron chi connectivity index (χ2n) is 8.71. The fraction of sp³-hybridized carbons (Fsp3) is 0.375. The quantitative estimate of drug-likeness (QED) is 0.636. The van der Waals surface area contributed by atoms with E-state index in [1.165, 1.54) is 0 Å². The van der Waals surface area contributed by atoms with Crippen LogP contribution in [0.5, 0.6) is 0 Å². The Morgan fingerprint density at radius 1 is 0.938 bits per heavy atom. The van der Waals surface area contributed by atoms with E-state index in [1.807, 2.05) is 24.3 Å². The van der Waals surface area contributed by atoms with Crippen molar-refractivity contribution in [3.63, 3.8) is 0 Å². The van der Waals surface area contributed by atoms with E-state index in [1.54, 1.807) is 49.9 Å². The molecular formula is C24H30N4O4. The van der Waals surface area contributed by atoms with Crippen LogP contribution < -0.4 is 16.0 Å². The molecule has 2 aromatic carbocycles. The van der Waals surface area contributed by atoms with E-state index in [2.05, 4.69) is 16.0 Å². The van der Waals surface area contributed by atoms with E-state index in [9.17, 15) is 14.4 Å². The molecule has 0 radical (unpaired) electrons. The highest BCUT2D eigenvalue weighted by molar-refractivity contribution is 5.95. The van der Waals surface area contributed by atoms with Gasteiger partial charge in [0.05, 0.1) is 0 Å². The van der Waals surface area contributed by atoms with Crippen LogP contribution in [0.25, 0.3) is 0 Å². The average Bonchev–Trinajstić information content (AvgIpc) is 3.26. The molecule has 0 saturated carbocycles. The smallest absolute Gasteiger partial charge is 0.412 e. The highest BCUT2D eigenvalue weighted by Gasteiger charge is 2.18. The number of anilines is 2. The highest BCUT2D eigenvalue weighted by Crippen LogP contribution is 2.15. The molecule has 4 amide bonds. The molecule has 0 aromatic heterocycles. The molecule has 0 spiro atoms. The summed E-state index contributed by atoms with van der Waals surface area (Å²) in [6, 6.07) is 13.9. The molecule has 1 aliphatic heterocycles. The van der Waals surface area contributed by atoms with Gasteiger partial charge in [0.25, 0.3) is 5.91 Å². The number of hydrogen-bond donors (Lipinski definition) is 3. The van der Waals surface area contributed by atoms with Gasteiger partial charge in [-0.05, 0) is 75.6 Å². The van der Waals surface area contributed by atoms with Crippen LogP contribution in [0.2, 0.25) is 0 Å². The van der Waals surface area contributed by atoms with E-state index in [0.29, 0.717) is 23.5 Å². The minimum absolute atomic E-state index is 0.0937. The summed E-state index contributed by atoms with van der Waals surface area (Å²) < 4.78 is 5.21. The van der Waals surface area contributed by atoms with Crippen molar-refractivity contribution >= 4 is 29.4 Å². The van der Waals surface area contributed by atoms with Gasteiger partial charge >= 0.3 is 12.1 Å². The first-order chi connectivity index (χ1) is 15.2. The Bertz CT molecular complexity index is 961. The SMILES string of the molecule is CC(C)(C)OC(=O)Nc1ccc(C(=O)NCc2cccc(NC(=O)N3CCCC3)c2)cc1. The first kappa shape index (κ1) is 23.1.